The predicted octanol–water partition coefficient (Wildman–Crippen LogP) is 2.96. The summed E-state index contributed by atoms with van der Waals surface area (Å²) in [5.74, 6) is 0. The molecule has 2 rings (SSSR count). The highest BCUT2D eigenvalue weighted by atomic mass is 32.2. The average Bonchev–Trinajstić information content (AvgIpc) is 3.28. The predicted molar refractivity (Wildman–Crippen MR) is 122 cm³/mol. The summed E-state index contributed by atoms with van der Waals surface area (Å²) in [7, 11) is -7.30. The number of nitrogens with zero attached hydrogens (tertiary/aromatic N) is 6. The first-order chi connectivity index (χ1) is 14.1. The number of sulfone groups is 2. The van der Waals surface area contributed by atoms with Crippen LogP contribution in [-0.2, 0) is 30.8 Å². The van der Waals surface area contributed by atoms with E-state index in [1.807, 2.05) is 27.7 Å². The Morgan fingerprint density at radius 3 is 1.16 bits per heavy atom. The lowest BCUT2D eigenvalue weighted by Crippen LogP contribution is -2.34. The molecule has 0 saturated heterocycles. The van der Waals surface area contributed by atoms with Crippen molar-refractivity contribution in [3.05, 3.63) is 12.7 Å². The summed E-state index contributed by atoms with van der Waals surface area (Å²) in [5.41, 5.74) is -1.06. The molecular weight excluding hydrogens is 452 g/mol. The molecule has 0 bridgehead atoms. The van der Waals surface area contributed by atoms with E-state index in [2.05, 4.69) is 20.2 Å². The molecule has 0 aromatic carbocycles. The van der Waals surface area contributed by atoms with Crippen LogP contribution < -0.4 is 0 Å². The van der Waals surface area contributed by atoms with E-state index in [0.29, 0.717) is 12.8 Å². The van der Waals surface area contributed by atoms with Gasteiger partial charge < -0.3 is 0 Å². The van der Waals surface area contributed by atoms with Crippen LogP contribution in [-0.4, -0.2) is 55.9 Å². The minimum atomic E-state index is -3.65. The van der Waals surface area contributed by atoms with Gasteiger partial charge in [-0.15, -0.1) is 10.2 Å². The fraction of sp³-hybridized carbons (Fsp3) is 0.800. The third-order valence-corrected chi connectivity index (χ3v) is 10.2. The van der Waals surface area contributed by atoms with Crippen molar-refractivity contribution in [2.45, 2.75) is 113 Å². The van der Waals surface area contributed by atoms with Gasteiger partial charge in [-0.1, -0.05) is 0 Å². The Labute approximate surface area is 191 Å². The molecule has 12 heteroatoms. The summed E-state index contributed by atoms with van der Waals surface area (Å²) in [6, 6.07) is 0. The van der Waals surface area contributed by atoms with Crippen LogP contribution in [0.4, 0.5) is 0 Å². The van der Waals surface area contributed by atoms with Crippen molar-refractivity contribution in [2.75, 3.05) is 0 Å². The molecule has 10 nitrogen and oxygen atoms in total. The summed E-state index contributed by atoms with van der Waals surface area (Å²) in [6.45, 7) is 17.5. The molecule has 2 heterocycles. The fourth-order valence-corrected chi connectivity index (χ4v) is 4.57. The van der Waals surface area contributed by atoms with E-state index in [-0.39, 0.29) is 10.3 Å². The highest BCUT2D eigenvalue weighted by molar-refractivity contribution is 7.92. The summed E-state index contributed by atoms with van der Waals surface area (Å²) in [6.07, 6.45) is 4.10. The Hall–Kier alpha value is -1.82. The zero-order valence-electron chi connectivity index (χ0n) is 20.7. The van der Waals surface area contributed by atoms with E-state index in [1.54, 1.807) is 50.9 Å². The maximum Gasteiger partial charge on any atom is 0.267 e. The highest BCUT2D eigenvalue weighted by Crippen LogP contribution is 2.31. The third-order valence-electron chi connectivity index (χ3n) is 5.62. The molecule has 0 fully saturated rings. The first kappa shape index (κ1) is 26.4. The van der Waals surface area contributed by atoms with Crippen molar-refractivity contribution in [1.29, 1.82) is 0 Å². The first-order valence-corrected chi connectivity index (χ1v) is 13.4. The van der Waals surface area contributed by atoms with Gasteiger partial charge in [0.05, 0.1) is 20.6 Å². The van der Waals surface area contributed by atoms with Crippen molar-refractivity contribution >= 4 is 19.7 Å². The SMILES string of the molecule is CC(C)(CCC(C)(C)n1cnc(S(=O)(=O)C(C)(C)C)n1)n1cnc(S(=O)(=O)C(C)(C)C)n1. The third kappa shape index (κ3) is 4.90. The van der Waals surface area contributed by atoms with Gasteiger partial charge in [-0.2, -0.15) is 0 Å². The number of hydrogen-bond acceptors (Lipinski definition) is 8. The van der Waals surface area contributed by atoms with Crippen LogP contribution in [0.5, 0.6) is 0 Å². The maximum absolute atomic E-state index is 12.6. The second-order valence-corrected chi connectivity index (χ2v) is 16.5. The lowest BCUT2D eigenvalue weighted by molar-refractivity contribution is 0.210. The number of hydrogen-bond donors (Lipinski definition) is 0. The minimum absolute atomic E-state index is 0.189. The zero-order chi connectivity index (χ0) is 25.0. The summed E-state index contributed by atoms with van der Waals surface area (Å²) in [4.78, 5) is 8.09. The van der Waals surface area contributed by atoms with Crippen LogP contribution in [0.1, 0.15) is 82.1 Å². The number of aromatic nitrogens is 6. The van der Waals surface area contributed by atoms with Gasteiger partial charge in [-0.05, 0) is 82.1 Å². The highest BCUT2D eigenvalue weighted by Gasteiger charge is 2.37. The second-order valence-electron chi connectivity index (χ2n) is 11.3. The Kier molecular flexibility index (Phi) is 6.52. The topological polar surface area (TPSA) is 130 Å². The van der Waals surface area contributed by atoms with Gasteiger partial charge in [0.15, 0.2) is 0 Å². The van der Waals surface area contributed by atoms with E-state index < -0.39 is 40.2 Å². The van der Waals surface area contributed by atoms with E-state index in [0.717, 1.165) is 0 Å². The van der Waals surface area contributed by atoms with Gasteiger partial charge in [-0.25, -0.2) is 36.2 Å². The molecule has 0 aliphatic heterocycles. The smallest absolute Gasteiger partial charge is 0.246 e. The quantitative estimate of drug-likeness (QED) is 0.581. The second kappa shape index (κ2) is 7.89. The van der Waals surface area contributed by atoms with E-state index >= 15 is 0 Å². The Morgan fingerprint density at radius 1 is 0.625 bits per heavy atom. The molecule has 0 aliphatic rings. The molecule has 0 N–H and O–H groups in total. The van der Waals surface area contributed by atoms with Crippen LogP contribution in [0.25, 0.3) is 0 Å². The van der Waals surface area contributed by atoms with Crippen LogP contribution in [0.2, 0.25) is 0 Å². The van der Waals surface area contributed by atoms with Crippen LogP contribution in [0.3, 0.4) is 0 Å². The van der Waals surface area contributed by atoms with Gasteiger partial charge >= 0.3 is 0 Å². The van der Waals surface area contributed by atoms with Crippen molar-refractivity contribution in [1.82, 2.24) is 29.5 Å². The fourth-order valence-electron chi connectivity index (χ4n) is 2.71. The van der Waals surface area contributed by atoms with E-state index in [4.69, 9.17) is 0 Å². The molecule has 0 spiro atoms. The van der Waals surface area contributed by atoms with E-state index in [9.17, 15) is 16.8 Å². The van der Waals surface area contributed by atoms with Crippen molar-refractivity contribution in [3.8, 4) is 0 Å². The Balaban J connectivity index is 2.23. The van der Waals surface area contributed by atoms with Crippen LogP contribution >= 0.6 is 0 Å². The zero-order valence-corrected chi connectivity index (χ0v) is 22.3. The van der Waals surface area contributed by atoms with Gasteiger partial charge in [0.25, 0.3) is 10.3 Å². The normalized spacial score (nSPS) is 14.7. The first-order valence-electron chi connectivity index (χ1n) is 10.5. The molecule has 2 aromatic heterocycles. The van der Waals surface area contributed by atoms with Gasteiger partial charge in [0.2, 0.25) is 19.7 Å². The van der Waals surface area contributed by atoms with Gasteiger partial charge in [0, 0.05) is 0 Å². The molecular formula is C20H36N6O4S2. The molecule has 182 valence electrons. The molecule has 0 aliphatic carbocycles. The molecule has 0 amide bonds. The van der Waals surface area contributed by atoms with Crippen LogP contribution in [0.15, 0.2) is 23.0 Å². The molecule has 0 unspecified atom stereocenters. The summed E-state index contributed by atoms with van der Waals surface area (Å²) >= 11 is 0. The molecule has 0 radical (unpaired) electrons. The monoisotopic (exact) mass is 488 g/mol. The molecule has 0 atom stereocenters. The van der Waals surface area contributed by atoms with Crippen molar-refractivity contribution < 1.29 is 16.8 Å². The molecule has 32 heavy (non-hydrogen) atoms. The Morgan fingerprint density at radius 2 is 0.906 bits per heavy atom. The maximum atomic E-state index is 12.6. The van der Waals surface area contributed by atoms with Crippen molar-refractivity contribution in [3.63, 3.8) is 0 Å². The number of rotatable bonds is 7. The standard InChI is InChI=1S/C20H36N6O4S2/c1-17(2,3)31(27,28)15-21-13-25(23-15)19(7,8)11-12-20(9,10)26-14-22-16(24-26)32(29,30)18(4,5)6/h13-14H,11-12H2,1-10H3. The van der Waals surface area contributed by atoms with Gasteiger partial charge in [-0.3, -0.25) is 0 Å². The van der Waals surface area contributed by atoms with Gasteiger partial charge in [0.1, 0.15) is 12.7 Å². The van der Waals surface area contributed by atoms with Crippen LogP contribution in [0, 0.1) is 0 Å². The lowest BCUT2D eigenvalue weighted by atomic mass is 9.90. The lowest BCUT2D eigenvalue weighted by Gasteiger charge is -2.31. The molecule has 0 saturated carbocycles. The summed E-state index contributed by atoms with van der Waals surface area (Å²) < 4.78 is 51.7. The minimum Gasteiger partial charge on any atom is -0.246 e. The summed E-state index contributed by atoms with van der Waals surface area (Å²) in [5, 5.41) is 8.14. The molecule has 2 aromatic rings. The van der Waals surface area contributed by atoms with E-state index in [1.165, 1.54) is 12.7 Å². The largest absolute Gasteiger partial charge is 0.267 e. The average molecular weight is 489 g/mol. The van der Waals surface area contributed by atoms with Crippen molar-refractivity contribution in [2.24, 2.45) is 0 Å². The Bertz CT molecular complexity index is 1080.